The number of aromatic nitrogens is 1. The van der Waals surface area contributed by atoms with Crippen LogP contribution in [0.15, 0.2) is 48.5 Å². The second-order valence-corrected chi connectivity index (χ2v) is 8.06. The Balaban J connectivity index is 1.41. The Morgan fingerprint density at radius 2 is 1.87 bits per heavy atom. The van der Waals surface area contributed by atoms with Crippen molar-refractivity contribution in [2.45, 2.75) is 25.8 Å². The van der Waals surface area contributed by atoms with Crippen LogP contribution in [0.25, 0.3) is 10.9 Å². The molecule has 1 fully saturated rings. The first-order chi connectivity index (χ1) is 14.5. The summed E-state index contributed by atoms with van der Waals surface area (Å²) in [7, 11) is 1.70. The monoisotopic (exact) mass is 421 g/mol. The number of nitrogens with zero attached hydrogens (tertiary/aromatic N) is 2. The molecule has 0 aliphatic carbocycles. The van der Waals surface area contributed by atoms with E-state index < -0.39 is 0 Å². The van der Waals surface area contributed by atoms with Crippen molar-refractivity contribution in [2.75, 3.05) is 36.1 Å². The number of aryl methyl sites for hydroxylation is 1. The van der Waals surface area contributed by atoms with Gasteiger partial charge in [0.1, 0.15) is 5.75 Å². The van der Waals surface area contributed by atoms with E-state index in [9.17, 15) is 0 Å². The number of piperidine rings is 1. The number of anilines is 3. The van der Waals surface area contributed by atoms with Gasteiger partial charge >= 0.3 is 0 Å². The number of nitrogens with two attached hydrogens (primary N) is 1. The van der Waals surface area contributed by atoms with Crippen molar-refractivity contribution in [3.05, 3.63) is 54.2 Å². The summed E-state index contributed by atoms with van der Waals surface area (Å²) in [6, 6.07) is 16.2. The highest BCUT2D eigenvalue weighted by atomic mass is 32.1. The SMILES string of the molecule is COc1ccc2nc(C)cc(N3CCC(NC(=S)Nc4ccc(N)cc4)CC3)c2c1. The van der Waals surface area contributed by atoms with Crippen LogP contribution in [0.4, 0.5) is 17.1 Å². The van der Waals surface area contributed by atoms with Gasteiger partial charge in [0.15, 0.2) is 5.11 Å². The molecule has 2 aromatic carbocycles. The highest BCUT2D eigenvalue weighted by Gasteiger charge is 2.22. The Hall–Kier alpha value is -3.06. The lowest BCUT2D eigenvalue weighted by atomic mass is 10.0. The third-order valence-corrected chi connectivity index (χ3v) is 5.68. The predicted molar refractivity (Wildman–Crippen MR) is 128 cm³/mol. The zero-order valence-electron chi connectivity index (χ0n) is 17.3. The van der Waals surface area contributed by atoms with Crippen molar-refractivity contribution in [1.82, 2.24) is 10.3 Å². The Morgan fingerprint density at radius 1 is 1.13 bits per heavy atom. The van der Waals surface area contributed by atoms with E-state index in [0.717, 1.165) is 59.7 Å². The summed E-state index contributed by atoms with van der Waals surface area (Å²) < 4.78 is 5.43. The maximum absolute atomic E-state index is 5.74. The Morgan fingerprint density at radius 3 is 2.57 bits per heavy atom. The average molecular weight is 422 g/mol. The van der Waals surface area contributed by atoms with E-state index >= 15 is 0 Å². The van der Waals surface area contributed by atoms with Crippen LogP contribution in [0.5, 0.6) is 5.75 Å². The van der Waals surface area contributed by atoms with Crippen LogP contribution in [0.2, 0.25) is 0 Å². The van der Waals surface area contributed by atoms with Crippen molar-refractivity contribution in [2.24, 2.45) is 0 Å². The summed E-state index contributed by atoms with van der Waals surface area (Å²) in [6.07, 6.45) is 2.02. The number of nitrogens with one attached hydrogen (secondary N) is 2. The summed E-state index contributed by atoms with van der Waals surface area (Å²) in [5.74, 6) is 0.852. The molecule has 1 aromatic heterocycles. The Bertz CT molecular complexity index is 1050. The minimum atomic E-state index is 0.346. The number of methoxy groups -OCH3 is 1. The predicted octanol–water partition coefficient (Wildman–Crippen LogP) is 4.09. The Kier molecular flexibility index (Phi) is 5.90. The number of nitrogen functional groups attached to an aromatic ring is 1. The molecule has 4 N–H and O–H groups in total. The maximum Gasteiger partial charge on any atom is 0.170 e. The van der Waals surface area contributed by atoms with Gasteiger partial charge in [-0.1, -0.05) is 0 Å². The average Bonchev–Trinajstić information content (AvgIpc) is 2.75. The molecule has 0 radical (unpaired) electrons. The molecule has 30 heavy (non-hydrogen) atoms. The molecule has 4 rings (SSSR count). The molecule has 156 valence electrons. The van der Waals surface area contributed by atoms with Gasteiger partial charge < -0.3 is 26.0 Å². The summed E-state index contributed by atoms with van der Waals surface area (Å²) in [5.41, 5.74) is 10.7. The standard InChI is InChI=1S/C23H27N5OS/c1-15-13-22(20-14-19(29-2)7-8-21(20)25-15)28-11-9-18(10-12-28)27-23(30)26-17-5-3-16(24)4-6-17/h3-8,13-14,18H,9-12,24H2,1-2H3,(H2,26,27,30). The molecule has 0 bridgehead atoms. The molecule has 1 aliphatic heterocycles. The van der Waals surface area contributed by atoms with E-state index in [1.54, 1.807) is 7.11 Å². The fourth-order valence-electron chi connectivity index (χ4n) is 3.89. The summed E-state index contributed by atoms with van der Waals surface area (Å²) in [6.45, 7) is 3.96. The topological polar surface area (TPSA) is 75.4 Å². The molecule has 0 amide bonds. The number of thiocarbonyl (C=S) groups is 1. The van der Waals surface area contributed by atoms with Gasteiger partial charge in [0, 0.05) is 47.3 Å². The number of hydrogen-bond donors (Lipinski definition) is 3. The van der Waals surface area contributed by atoms with E-state index in [1.807, 2.05) is 43.3 Å². The van der Waals surface area contributed by atoms with E-state index in [-0.39, 0.29) is 0 Å². The first kappa shape index (κ1) is 20.2. The normalized spacial score (nSPS) is 14.5. The lowest BCUT2D eigenvalue weighted by Crippen LogP contribution is -2.46. The molecule has 0 unspecified atom stereocenters. The number of rotatable bonds is 4. The largest absolute Gasteiger partial charge is 0.497 e. The quantitative estimate of drug-likeness (QED) is 0.433. The van der Waals surface area contributed by atoms with E-state index in [1.165, 1.54) is 5.69 Å². The van der Waals surface area contributed by atoms with Crippen LogP contribution in [-0.4, -0.2) is 36.3 Å². The zero-order chi connectivity index (χ0) is 21.1. The molecule has 6 nitrogen and oxygen atoms in total. The highest BCUT2D eigenvalue weighted by molar-refractivity contribution is 7.80. The van der Waals surface area contributed by atoms with Gasteiger partial charge in [-0.25, -0.2) is 0 Å². The molecular weight excluding hydrogens is 394 g/mol. The molecule has 0 spiro atoms. The number of ether oxygens (including phenoxy) is 1. The third kappa shape index (κ3) is 4.57. The lowest BCUT2D eigenvalue weighted by molar-refractivity contribution is 0.415. The fourth-order valence-corrected chi connectivity index (χ4v) is 4.17. The molecule has 7 heteroatoms. The van der Waals surface area contributed by atoms with Crippen LogP contribution in [-0.2, 0) is 0 Å². The van der Waals surface area contributed by atoms with Crippen molar-refractivity contribution >= 4 is 45.3 Å². The molecule has 1 saturated heterocycles. The van der Waals surface area contributed by atoms with E-state index in [4.69, 9.17) is 22.7 Å². The second kappa shape index (κ2) is 8.75. The van der Waals surface area contributed by atoms with E-state index in [0.29, 0.717) is 11.2 Å². The zero-order valence-corrected chi connectivity index (χ0v) is 18.1. The molecule has 1 aliphatic rings. The van der Waals surface area contributed by atoms with Gasteiger partial charge in [0.25, 0.3) is 0 Å². The van der Waals surface area contributed by atoms with Crippen LogP contribution in [0.3, 0.4) is 0 Å². The van der Waals surface area contributed by atoms with Crippen LogP contribution in [0.1, 0.15) is 18.5 Å². The smallest absolute Gasteiger partial charge is 0.170 e. The van der Waals surface area contributed by atoms with Crippen molar-refractivity contribution in [3.8, 4) is 5.75 Å². The molecule has 2 heterocycles. The maximum atomic E-state index is 5.74. The van der Waals surface area contributed by atoms with Crippen molar-refractivity contribution in [3.63, 3.8) is 0 Å². The minimum Gasteiger partial charge on any atom is -0.497 e. The summed E-state index contributed by atoms with van der Waals surface area (Å²) in [4.78, 5) is 7.11. The molecule has 3 aromatic rings. The number of fused-ring (bicyclic) bond motifs is 1. The molecule has 0 atom stereocenters. The van der Waals surface area contributed by atoms with Crippen LogP contribution >= 0.6 is 12.2 Å². The number of pyridine rings is 1. The number of benzene rings is 2. The van der Waals surface area contributed by atoms with Gasteiger partial charge in [-0.3, -0.25) is 4.98 Å². The van der Waals surface area contributed by atoms with Gasteiger partial charge in [-0.2, -0.15) is 0 Å². The van der Waals surface area contributed by atoms with Gasteiger partial charge in [-0.15, -0.1) is 0 Å². The summed E-state index contributed by atoms with van der Waals surface area (Å²) >= 11 is 5.49. The first-order valence-electron chi connectivity index (χ1n) is 10.2. The van der Waals surface area contributed by atoms with Gasteiger partial charge in [0.05, 0.1) is 12.6 Å². The summed E-state index contributed by atoms with van der Waals surface area (Å²) in [5, 5.41) is 8.46. The van der Waals surface area contributed by atoms with Gasteiger partial charge in [0.2, 0.25) is 0 Å². The van der Waals surface area contributed by atoms with Crippen LogP contribution < -0.4 is 26.0 Å². The Labute approximate surface area is 182 Å². The fraction of sp³-hybridized carbons (Fsp3) is 0.304. The second-order valence-electron chi connectivity index (χ2n) is 7.65. The van der Waals surface area contributed by atoms with Crippen LogP contribution in [0, 0.1) is 6.92 Å². The van der Waals surface area contributed by atoms with Gasteiger partial charge in [-0.05, 0) is 80.5 Å². The molecule has 0 saturated carbocycles. The van der Waals surface area contributed by atoms with E-state index in [2.05, 4.69) is 32.7 Å². The first-order valence-corrected chi connectivity index (χ1v) is 10.6. The van der Waals surface area contributed by atoms with Crippen molar-refractivity contribution < 1.29 is 4.74 Å². The van der Waals surface area contributed by atoms with Crippen molar-refractivity contribution in [1.29, 1.82) is 0 Å². The molecular formula is C23H27N5OS. The lowest BCUT2D eigenvalue weighted by Gasteiger charge is -2.35. The highest BCUT2D eigenvalue weighted by Crippen LogP contribution is 2.31. The number of hydrogen-bond acceptors (Lipinski definition) is 5. The minimum absolute atomic E-state index is 0.346. The third-order valence-electron chi connectivity index (χ3n) is 5.46.